The van der Waals surface area contributed by atoms with E-state index < -0.39 is 0 Å². The molecule has 1 nitrogen and oxygen atoms in total. The zero-order valence-electron chi connectivity index (χ0n) is 10.9. The van der Waals surface area contributed by atoms with Gasteiger partial charge in [0.2, 0.25) is 0 Å². The van der Waals surface area contributed by atoms with Gasteiger partial charge in [0.15, 0.2) is 0 Å². The number of para-hydroxylation sites is 1. The second-order valence-corrected chi connectivity index (χ2v) is 5.03. The summed E-state index contributed by atoms with van der Waals surface area (Å²) in [5, 5.41) is 5.40. The molecule has 0 spiro atoms. The van der Waals surface area contributed by atoms with E-state index in [1.807, 2.05) is 0 Å². The van der Waals surface area contributed by atoms with E-state index in [1.165, 1.54) is 38.1 Å². The van der Waals surface area contributed by atoms with Gasteiger partial charge in [-0.15, -0.1) is 0 Å². The molecule has 0 aliphatic carbocycles. The first-order valence-corrected chi connectivity index (χ1v) is 6.79. The molecule has 1 heteroatoms. The molecular formula is C18H15N. The fraction of sp³-hybridized carbons (Fsp3) is 0.111. The fourth-order valence-corrected chi connectivity index (χ4v) is 3.09. The fourth-order valence-electron chi connectivity index (χ4n) is 3.09. The Morgan fingerprint density at radius 1 is 0.789 bits per heavy atom. The minimum absolute atomic E-state index is 1.06. The first-order chi connectivity index (χ1) is 9.38. The molecule has 0 fully saturated rings. The molecule has 0 amide bonds. The molecule has 0 bridgehead atoms. The zero-order chi connectivity index (χ0) is 12.8. The quantitative estimate of drug-likeness (QED) is 0.483. The van der Waals surface area contributed by atoms with Gasteiger partial charge in [0.1, 0.15) is 0 Å². The molecule has 0 saturated heterocycles. The molecule has 0 atom stereocenters. The van der Waals surface area contributed by atoms with E-state index in [0.29, 0.717) is 0 Å². The molecule has 0 radical (unpaired) electrons. The Morgan fingerprint density at radius 2 is 1.47 bits per heavy atom. The van der Waals surface area contributed by atoms with Crippen molar-refractivity contribution >= 4 is 32.6 Å². The van der Waals surface area contributed by atoms with Crippen molar-refractivity contribution in [2.75, 3.05) is 0 Å². The van der Waals surface area contributed by atoms with Gasteiger partial charge in [-0.1, -0.05) is 49.4 Å². The van der Waals surface area contributed by atoms with E-state index in [1.54, 1.807) is 0 Å². The molecule has 1 N–H and O–H groups in total. The van der Waals surface area contributed by atoms with Crippen LogP contribution in [0.2, 0.25) is 0 Å². The highest BCUT2D eigenvalue weighted by Crippen LogP contribution is 2.34. The molecular weight excluding hydrogens is 230 g/mol. The van der Waals surface area contributed by atoms with Gasteiger partial charge >= 0.3 is 0 Å². The average molecular weight is 245 g/mol. The monoisotopic (exact) mass is 245 g/mol. The van der Waals surface area contributed by atoms with Gasteiger partial charge in [0, 0.05) is 21.8 Å². The lowest BCUT2D eigenvalue weighted by Crippen LogP contribution is -1.84. The Labute approximate surface area is 111 Å². The van der Waals surface area contributed by atoms with Gasteiger partial charge in [0.25, 0.3) is 0 Å². The van der Waals surface area contributed by atoms with E-state index in [9.17, 15) is 0 Å². The van der Waals surface area contributed by atoms with Crippen LogP contribution in [0.5, 0.6) is 0 Å². The summed E-state index contributed by atoms with van der Waals surface area (Å²) < 4.78 is 0. The highest BCUT2D eigenvalue weighted by Gasteiger charge is 2.10. The van der Waals surface area contributed by atoms with Crippen LogP contribution in [0.4, 0.5) is 0 Å². The standard InChI is InChI=1S/C18H15N/c1-2-12-11-17-18(14-8-4-3-7-13(12)14)15-9-5-6-10-16(15)19-17/h3-11,19H,2H2,1H3. The smallest absolute Gasteiger partial charge is 0.0474 e. The number of H-pyrrole nitrogens is 1. The molecule has 0 aliphatic rings. The van der Waals surface area contributed by atoms with Crippen molar-refractivity contribution in [1.82, 2.24) is 4.98 Å². The van der Waals surface area contributed by atoms with Crippen molar-refractivity contribution in [2.45, 2.75) is 13.3 Å². The number of benzene rings is 3. The van der Waals surface area contributed by atoms with Crippen LogP contribution in [0.15, 0.2) is 54.6 Å². The van der Waals surface area contributed by atoms with Gasteiger partial charge in [-0.3, -0.25) is 0 Å². The largest absolute Gasteiger partial charge is 0.354 e. The molecule has 0 unspecified atom stereocenters. The van der Waals surface area contributed by atoms with Crippen LogP contribution in [0, 0.1) is 0 Å². The predicted molar refractivity (Wildman–Crippen MR) is 82.7 cm³/mol. The summed E-state index contributed by atoms with van der Waals surface area (Å²) in [6.07, 6.45) is 1.06. The lowest BCUT2D eigenvalue weighted by molar-refractivity contribution is 1.16. The lowest BCUT2D eigenvalue weighted by Gasteiger charge is -2.06. The molecule has 0 aliphatic heterocycles. The summed E-state index contributed by atoms with van der Waals surface area (Å²) in [4.78, 5) is 3.54. The molecule has 3 aromatic carbocycles. The van der Waals surface area contributed by atoms with Crippen molar-refractivity contribution in [3.05, 3.63) is 60.2 Å². The number of nitrogens with one attached hydrogen (secondary N) is 1. The third-order valence-corrected chi connectivity index (χ3v) is 3.98. The number of fused-ring (bicyclic) bond motifs is 5. The second-order valence-electron chi connectivity index (χ2n) is 5.03. The molecule has 92 valence electrons. The minimum Gasteiger partial charge on any atom is -0.354 e. The topological polar surface area (TPSA) is 15.8 Å². The second kappa shape index (κ2) is 3.86. The summed E-state index contributed by atoms with van der Waals surface area (Å²) in [6, 6.07) is 19.6. The van der Waals surface area contributed by atoms with Gasteiger partial charge in [-0.05, 0) is 34.9 Å². The van der Waals surface area contributed by atoms with Crippen molar-refractivity contribution in [1.29, 1.82) is 0 Å². The van der Waals surface area contributed by atoms with Crippen LogP contribution < -0.4 is 0 Å². The van der Waals surface area contributed by atoms with E-state index in [-0.39, 0.29) is 0 Å². The Bertz CT molecular complexity index is 899. The third kappa shape index (κ3) is 1.42. The van der Waals surface area contributed by atoms with E-state index >= 15 is 0 Å². The van der Waals surface area contributed by atoms with Crippen LogP contribution in [0.25, 0.3) is 32.6 Å². The van der Waals surface area contributed by atoms with Crippen molar-refractivity contribution in [2.24, 2.45) is 0 Å². The summed E-state index contributed by atoms with van der Waals surface area (Å²) >= 11 is 0. The van der Waals surface area contributed by atoms with E-state index in [2.05, 4.69) is 66.5 Å². The van der Waals surface area contributed by atoms with Gasteiger partial charge in [-0.2, -0.15) is 0 Å². The molecule has 1 aromatic heterocycles. The van der Waals surface area contributed by atoms with E-state index in [4.69, 9.17) is 0 Å². The third-order valence-electron chi connectivity index (χ3n) is 3.98. The molecule has 4 aromatic rings. The van der Waals surface area contributed by atoms with Crippen molar-refractivity contribution in [3.63, 3.8) is 0 Å². The number of rotatable bonds is 1. The zero-order valence-corrected chi connectivity index (χ0v) is 10.9. The van der Waals surface area contributed by atoms with Gasteiger partial charge < -0.3 is 4.98 Å². The number of hydrogen-bond donors (Lipinski definition) is 1. The summed E-state index contributed by atoms with van der Waals surface area (Å²) in [5.41, 5.74) is 3.88. The van der Waals surface area contributed by atoms with Crippen molar-refractivity contribution < 1.29 is 0 Å². The Morgan fingerprint density at radius 3 is 2.26 bits per heavy atom. The number of aromatic nitrogens is 1. The summed E-state index contributed by atoms with van der Waals surface area (Å²) in [5.74, 6) is 0. The average Bonchev–Trinajstić information content (AvgIpc) is 2.84. The summed E-state index contributed by atoms with van der Waals surface area (Å²) in [7, 11) is 0. The van der Waals surface area contributed by atoms with Crippen molar-refractivity contribution in [3.8, 4) is 0 Å². The number of aryl methyl sites for hydroxylation is 1. The SMILES string of the molecule is CCc1cc2[nH]c3ccccc3c2c2ccccc12. The molecule has 4 rings (SSSR count). The molecule has 19 heavy (non-hydrogen) atoms. The van der Waals surface area contributed by atoms with Crippen LogP contribution in [-0.4, -0.2) is 4.98 Å². The maximum atomic E-state index is 3.54. The highest BCUT2D eigenvalue weighted by molar-refractivity contribution is 6.20. The van der Waals surface area contributed by atoms with Crippen LogP contribution >= 0.6 is 0 Å². The lowest BCUT2D eigenvalue weighted by atomic mass is 9.98. The first kappa shape index (κ1) is 10.6. The maximum absolute atomic E-state index is 3.54. The normalized spacial score (nSPS) is 11.6. The summed E-state index contributed by atoms with van der Waals surface area (Å²) in [6.45, 7) is 2.22. The molecule has 0 saturated carbocycles. The van der Waals surface area contributed by atoms with Gasteiger partial charge in [0.05, 0.1) is 0 Å². The maximum Gasteiger partial charge on any atom is 0.0474 e. The number of aromatic amines is 1. The number of hydrogen-bond acceptors (Lipinski definition) is 0. The van der Waals surface area contributed by atoms with E-state index in [0.717, 1.165) is 6.42 Å². The highest BCUT2D eigenvalue weighted by atomic mass is 14.7. The Kier molecular flexibility index (Phi) is 2.16. The first-order valence-electron chi connectivity index (χ1n) is 6.79. The molecule has 1 heterocycles. The minimum atomic E-state index is 1.06. The van der Waals surface area contributed by atoms with Crippen LogP contribution in [0.3, 0.4) is 0 Å². The predicted octanol–water partition coefficient (Wildman–Crippen LogP) is 5.04. The van der Waals surface area contributed by atoms with Crippen LogP contribution in [-0.2, 0) is 6.42 Å². The Hall–Kier alpha value is -2.28. The Balaban J connectivity index is 2.34. The van der Waals surface area contributed by atoms with Gasteiger partial charge in [-0.25, -0.2) is 0 Å². The van der Waals surface area contributed by atoms with Crippen LogP contribution in [0.1, 0.15) is 12.5 Å².